The number of aliphatic hydroxyl groups excluding tert-OH is 1. The van der Waals surface area contributed by atoms with Crippen LogP contribution in [0.3, 0.4) is 0 Å². The highest BCUT2D eigenvalue weighted by molar-refractivity contribution is 5.58. The summed E-state index contributed by atoms with van der Waals surface area (Å²) in [5.41, 5.74) is 1.48. The highest BCUT2D eigenvalue weighted by Gasteiger charge is 2.37. The molecule has 1 atom stereocenters. The van der Waals surface area contributed by atoms with Gasteiger partial charge in [-0.1, -0.05) is 12.8 Å². The third-order valence-electron chi connectivity index (χ3n) is 6.97. The number of alkyl halides is 3. The SMILES string of the molecule is O=c1c2c(c(C3CCCC3)nn1-c1cc(N3CCC(O)C3)ccc1C(F)(F)F)CCC2. The second-order valence-electron chi connectivity index (χ2n) is 8.98. The van der Waals surface area contributed by atoms with E-state index < -0.39 is 23.4 Å². The van der Waals surface area contributed by atoms with Crippen LogP contribution in [0.25, 0.3) is 5.69 Å². The van der Waals surface area contributed by atoms with Gasteiger partial charge in [0.05, 0.1) is 23.0 Å². The van der Waals surface area contributed by atoms with Crippen molar-refractivity contribution in [3.8, 4) is 5.69 Å². The number of anilines is 1. The molecule has 0 bridgehead atoms. The molecule has 1 saturated heterocycles. The first-order valence-electron chi connectivity index (χ1n) is 11.1. The van der Waals surface area contributed by atoms with Crippen molar-refractivity contribution >= 4 is 5.69 Å². The normalized spacial score (nSPS) is 21.8. The molecule has 2 fully saturated rings. The Labute approximate surface area is 178 Å². The van der Waals surface area contributed by atoms with Gasteiger partial charge in [-0.2, -0.15) is 23.0 Å². The quantitative estimate of drug-likeness (QED) is 0.796. The summed E-state index contributed by atoms with van der Waals surface area (Å²) >= 11 is 0. The molecule has 166 valence electrons. The second-order valence-corrected chi connectivity index (χ2v) is 8.98. The molecule has 1 aromatic heterocycles. The lowest BCUT2D eigenvalue weighted by Crippen LogP contribution is -2.30. The van der Waals surface area contributed by atoms with Crippen LogP contribution in [0.4, 0.5) is 18.9 Å². The average molecular weight is 433 g/mol. The number of benzene rings is 1. The van der Waals surface area contributed by atoms with Gasteiger partial charge < -0.3 is 10.0 Å². The van der Waals surface area contributed by atoms with Crippen LogP contribution >= 0.6 is 0 Å². The van der Waals surface area contributed by atoms with Crippen molar-refractivity contribution in [2.24, 2.45) is 0 Å². The Hall–Kier alpha value is -2.35. The largest absolute Gasteiger partial charge is 0.418 e. The topological polar surface area (TPSA) is 58.4 Å². The first kappa shape index (κ1) is 20.5. The van der Waals surface area contributed by atoms with Crippen LogP contribution < -0.4 is 10.5 Å². The second kappa shape index (κ2) is 7.65. The van der Waals surface area contributed by atoms with E-state index in [2.05, 4.69) is 5.10 Å². The molecule has 0 radical (unpaired) electrons. The lowest BCUT2D eigenvalue weighted by atomic mass is 9.97. The third kappa shape index (κ3) is 3.64. The molecule has 5 nitrogen and oxygen atoms in total. The zero-order chi connectivity index (χ0) is 21.8. The monoisotopic (exact) mass is 433 g/mol. The fourth-order valence-corrected chi connectivity index (χ4v) is 5.40. The van der Waals surface area contributed by atoms with Gasteiger partial charge in [0.2, 0.25) is 0 Å². The van der Waals surface area contributed by atoms with Gasteiger partial charge in [-0.15, -0.1) is 0 Å². The van der Waals surface area contributed by atoms with E-state index in [9.17, 15) is 23.1 Å². The summed E-state index contributed by atoms with van der Waals surface area (Å²) in [4.78, 5) is 15.1. The number of hydrogen-bond acceptors (Lipinski definition) is 4. The predicted molar refractivity (Wildman–Crippen MR) is 111 cm³/mol. The molecule has 2 heterocycles. The zero-order valence-electron chi connectivity index (χ0n) is 17.3. The van der Waals surface area contributed by atoms with Crippen LogP contribution in [0, 0.1) is 0 Å². The van der Waals surface area contributed by atoms with Gasteiger partial charge in [0.1, 0.15) is 0 Å². The van der Waals surface area contributed by atoms with Gasteiger partial charge in [-0.05, 0) is 62.3 Å². The van der Waals surface area contributed by atoms with E-state index >= 15 is 0 Å². The number of nitrogens with zero attached hydrogens (tertiary/aromatic N) is 3. The van der Waals surface area contributed by atoms with Crippen molar-refractivity contribution in [1.29, 1.82) is 0 Å². The summed E-state index contributed by atoms with van der Waals surface area (Å²) < 4.78 is 42.8. The fraction of sp³-hybridized carbons (Fsp3) is 0.565. The standard InChI is InChI=1S/C23H26F3N3O2/c24-23(25,26)19-9-8-15(28-11-10-16(30)13-28)12-20(19)29-22(31)18-7-3-6-17(18)21(27-29)14-4-1-2-5-14/h8-9,12,14,16,30H,1-7,10-11,13H2. The first-order chi connectivity index (χ1) is 14.8. The van der Waals surface area contributed by atoms with Crippen molar-refractivity contribution in [3.05, 3.63) is 50.9 Å². The van der Waals surface area contributed by atoms with Gasteiger partial charge in [0, 0.05) is 30.3 Å². The molecule has 5 rings (SSSR count). The lowest BCUT2D eigenvalue weighted by molar-refractivity contribution is -0.137. The van der Waals surface area contributed by atoms with Crippen LogP contribution in [-0.4, -0.2) is 34.1 Å². The molecule has 0 amide bonds. The molecule has 31 heavy (non-hydrogen) atoms. The Balaban J connectivity index is 1.70. The summed E-state index contributed by atoms with van der Waals surface area (Å²) in [6, 6.07) is 3.86. The van der Waals surface area contributed by atoms with E-state index in [1.807, 2.05) is 4.90 Å². The molecule has 1 aliphatic heterocycles. The Kier molecular flexibility index (Phi) is 5.07. The molecular weight excluding hydrogens is 407 g/mol. The van der Waals surface area contributed by atoms with Crippen molar-refractivity contribution in [2.45, 2.75) is 69.6 Å². The fourth-order valence-electron chi connectivity index (χ4n) is 5.40. The van der Waals surface area contributed by atoms with E-state index in [-0.39, 0.29) is 11.6 Å². The Morgan fingerprint density at radius 3 is 2.45 bits per heavy atom. The van der Waals surface area contributed by atoms with Crippen LogP contribution in [0.2, 0.25) is 0 Å². The number of hydrogen-bond donors (Lipinski definition) is 1. The van der Waals surface area contributed by atoms with E-state index in [0.717, 1.165) is 60.5 Å². The molecule has 1 unspecified atom stereocenters. The van der Waals surface area contributed by atoms with Crippen molar-refractivity contribution < 1.29 is 18.3 Å². The summed E-state index contributed by atoms with van der Waals surface area (Å²) in [7, 11) is 0. The number of fused-ring (bicyclic) bond motifs is 1. The predicted octanol–water partition coefficient (Wildman–Crippen LogP) is 3.97. The average Bonchev–Trinajstić information content (AvgIpc) is 3.49. The Morgan fingerprint density at radius 2 is 1.77 bits per heavy atom. The minimum absolute atomic E-state index is 0.213. The smallest absolute Gasteiger partial charge is 0.391 e. The first-order valence-corrected chi connectivity index (χ1v) is 11.1. The highest BCUT2D eigenvalue weighted by Crippen LogP contribution is 2.39. The molecule has 2 aromatic rings. The molecular formula is C23H26F3N3O2. The Bertz CT molecular complexity index is 1060. The summed E-state index contributed by atoms with van der Waals surface area (Å²) in [6.07, 6.45) is 1.78. The van der Waals surface area contributed by atoms with Crippen LogP contribution in [-0.2, 0) is 19.0 Å². The molecule has 0 spiro atoms. The van der Waals surface area contributed by atoms with Gasteiger partial charge >= 0.3 is 6.18 Å². The number of aliphatic hydroxyl groups is 1. The van der Waals surface area contributed by atoms with E-state index in [0.29, 0.717) is 37.2 Å². The van der Waals surface area contributed by atoms with E-state index in [4.69, 9.17) is 0 Å². The summed E-state index contributed by atoms with van der Waals surface area (Å²) in [5, 5.41) is 14.4. The van der Waals surface area contributed by atoms with Gasteiger partial charge in [0.25, 0.3) is 5.56 Å². The highest BCUT2D eigenvalue weighted by atomic mass is 19.4. The van der Waals surface area contributed by atoms with Crippen LogP contribution in [0.15, 0.2) is 23.0 Å². The minimum atomic E-state index is -4.61. The molecule has 1 N–H and O–H groups in total. The van der Waals surface area contributed by atoms with Gasteiger partial charge in [-0.25, -0.2) is 0 Å². The number of rotatable bonds is 3. The van der Waals surface area contributed by atoms with E-state index in [1.165, 1.54) is 12.1 Å². The molecule has 3 aliphatic rings. The van der Waals surface area contributed by atoms with Crippen molar-refractivity contribution in [1.82, 2.24) is 9.78 Å². The number of β-amino-alcohol motifs (C(OH)–C–C–N with tert-alkyl or cyclic N) is 1. The van der Waals surface area contributed by atoms with Crippen molar-refractivity contribution in [2.75, 3.05) is 18.0 Å². The molecule has 1 aromatic carbocycles. The number of halogens is 3. The maximum atomic E-state index is 13.9. The molecule has 1 saturated carbocycles. The molecule has 2 aliphatic carbocycles. The summed E-state index contributed by atoms with van der Waals surface area (Å²) in [5.74, 6) is 0.213. The van der Waals surface area contributed by atoms with E-state index in [1.54, 1.807) is 0 Å². The third-order valence-corrected chi connectivity index (χ3v) is 6.97. The molecule has 8 heteroatoms. The van der Waals surface area contributed by atoms with Crippen LogP contribution in [0.5, 0.6) is 0 Å². The maximum absolute atomic E-state index is 13.9. The van der Waals surface area contributed by atoms with Crippen LogP contribution in [0.1, 0.15) is 66.8 Å². The zero-order valence-corrected chi connectivity index (χ0v) is 17.3. The minimum Gasteiger partial charge on any atom is -0.391 e. The summed E-state index contributed by atoms with van der Waals surface area (Å²) in [6.45, 7) is 0.927. The number of aromatic nitrogens is 2. The van der Waals surface area contributed by atoms with Gasteiger partial charge in [-0.3, -0.25) is 4.79 Å². The lowest BCUT2D eigenvalue weighted by Gasteiger charge is -2.22. The Morgan fingerprint density at radius 1 is 1.03 bits per heavy atom. The van der Waals surface area contributed by atoms with Crippen molar-refractivity contribution in [3.63, 3.8) is 0 Å². The van der Waals surface area contributed by atoms with Gasteiger partial charge in [0.15, 0.2) is 0 Å². The maximum Gasteiger partial charge on any atom is 0.418 e.